The summed E-state index contributed by atoms with van der Waals surface area (Å²) in [5.74, 6) is 0.355. The lowest BCUT2D eigenvalue weighted by Gasteiger charge is -2.14. The van der Waals surface area contributed by atoms with Gasteiger partial charge in [-0.15, -0.1) is 0 Å². The molecule has 118 valence electrons. The van der Waals surface area contributed by atoms with Crippen molar-refractivity contribution in [3.63, 3.8) is 0 Å². The Hall–Kier alpha value is -0.410. The van der Waals surface area contributed by atoms with Crippen LogP contribution >= 0.6 is 0 Å². The van der Waals surface area contributed by atoms with Crippen LogP contribution in [0.1, 0.15) is 77.6 Å². The number of carbonyl (C=O) groups is 1. The van der Waals surface area contributed by atoms with Crippen LogP contribution in [0.4, 0.5) is 0 Å². The predicted octanol–water partition coefficient (Wildman–Crippen LogP) is 3.00. The van der Waals surface area contributed by atoms with E-state index >= 15 is 0 Å². The van der Waals surface area contributed by atoms with Crippen LogP contribution in [0.5, 0.6) is 0 Å². The summed E-state index contributed by atoms with van der Waals surface area (Å²) >= 11 is 0. The molecule has 3 nitrogen and oxygen atoms in total. The van der Waals surface area contributed by atoms with E-state index in [-0.39, 0.29) is 11.8 Å². The molecule has 0 aromatic rings. The van der Waals surface area contributed by atoms with E-state index in [2.05, 4.69) is 17.6 Å². The molecule has 1 heterocycles. The van der Waals surface area contributed by atoms with E-state index in [1.54, 1.807) is 0 Å². The van der Waals surface area contributed by atoms with Crippen molar-refractivity contribution in [2.75, 3.05) is 19.6 Å². The van der Waals surface area contributed by atoms with Gasteiger partial charge in [-0.2, -0.15) is 0 Å². The molecule has 20 heavy (non-hydrogen) atoms. The van der Waals surface area contributed by atoms with Crippen LogP contribution < -0.4 is 5.73 Å². The number of likely N-dealkylation sites (tertiary alicyclic amines) is 1. The topological polar surface area (TPSA) is 48.0 Å². The van der Waals surface area contributed by atoms with E-state index in [1.165, 1.54) is 70.8 Å². The fourth-order valence-electron chi connectivity index (χ4n) is 3.12. The van der Waals surface area contributed by atoms with Gasteiger partial charge in [0, 0.05) is 6.54 Å². The maximum absolute atomic E-state index is 11.2. The minimum atomic E-state index is 0.135. The van der Waals surface area contributed by atoms with Crippen molar-refractivity contribution in [1.29, 1.82) is 0 Å². The molecule has 1 aliphatic heterocycles. The monoisotopic (exact) mass is 283 g/mol. The number of quaternary nitrogens is 1. The third-order valence-electron chi connectivity index (χ3n) is 4.56. The number of hydrogen-bond donors (Lipinski definition) is 1. The summed E-state index contributed by atoms with van der Waals surface area (Å²) < 4.78 is 0. The van der Waals surface area contributed by atoms with Crippen molar-refractivity contribution in [3.05, 3.63) is 0 Å². The van der Waals surface area contributed by atoms with Crippen molar-refractivity contribution in [2.45, 2.75) is 77.6 Å². The molecule has 0 saturated carbocycles. The predicted molar refractivity (Wildman–Crippen MR) is 84.3 cm³/mol. The van der Waals surface area contributed by atoms with Crippen LogP contribution in [0.3, 0.4) is 0 Å². The van der Waals surface area contributed by atoms with Crippen molar-refractivity contribution in [1.82, 2.24) is 4.90 Å². The number of carbonyl (C=O) groups excluding carboxylic acids is 1. The Labute approximate surface area is 125 Å². The van der Waals surface area contributed by atoms with E-state index in [0.717, 1.165) is 19.5 Å². The Morgan fingerprint density at radius 3 is 2.05 bits per heavy atom. The van der Waals surface area contributed by atoms with Crippen LogP contribution in [0.2, 0.25) is 0 Å². The molecule has 0 radical (unpaired) electrons. The van der Waals surface area contributed by atoms with Gasteiger partial charge in [-0.3, -0.25) is 5.73 Å². The van der Waals surface area contributed by atoms with E-state index in [1.807, 2.05) is 0 Å². The van der Waals surface area contributed by atoms with Gasteiger partial charge in [0.25, 0.3) is 0 Å². The van der Waals surface area contributed by atoms with Crippen molar-refractivity contribution in [3.8, 4) is 0 Å². The minimum Gasteiger partial charge on any atom is -0.302 e. The molecular formula is C17H35N2O+. The Balaban J connectivity index is 1.82. The van der Waals surface area contributed by atoms with Crippen LogP contribution in [0, 0.1) is 5.92 Å². The third kappa shape index (κ3) is 8.01. The van der Waals surface area contributed by atoms with Gasteiger partial charge in [0.05, 0.1) is 5.92 Å². The van der Waals surface area contributed by atoms with Gasteiger partial charge in [0.15, 0.2) is 0 Å². The van der Waals surface area contributed by atoms with Gasteiger partial charge in [-0.05, 0) is 25.9 Å². The molecular weight excluding hydrogens is 248 g/mol. The molecule has 0 bridgehead atoms. The minimum absolute atomic E-state index is 0.135. The number of rotatable bonds is 12. The van der Waals surface area contributed by atoms with E-state index < -0.39 is 0 Å². The molecule has 1 amide bonds. The summed E-state index contributed by atoms with van der Waals surface area (Å²) in [6.45, 7) is 5.51. The molecule has 1 saturated heterocycles. The average molecular weight is 283 g/mol. The Bertz CT molecular complexity index is 255. The fourth-order valence-corrected chi connectivity index (χ4v) is 3.12. The summed E-state index contributed by atoms with van der Waals surface area (Å²) in [7, 11) is 0. The lowest BCUT2D eigenvalue weighted by Crippen LogP contribution is -2.60. The van der Waals surface area contributed by atoms with Gasteiger partial charge in [0.2, 0.25) is 0 Å². The third-order valence-corrected chi connectivity index (χ3v) is 4.56. The summed E-state index contributed by atoms with van der Waals surface area (Å²) in [6, 6.07) is 0. The molecule has 1 aliphatic rings. The van der Waals surface area contributed by atoms with E-state index in [9.17, 15) is 4.79 Å². The van der Waals surface area contributed by atoms with Gasteiger partial charge in [-0.1, -0.05) is 64.7 Å². The number of unbranched alkanes of at least 4 members (excludes halogenated alkanes) is 9. The first-order valence-corrected chi connectivity index (χ1v) is 8.82. The number of hydrogen-bond acceptors (Lipinski definition) is 2. The first-order chi connectivity index (χ1) is 9.74. The van der Waals surface area contributed by atoms with Crippen LogP contribution in [0.15, 0.2) is 0 Å². The second kappa shape index (κ2) is 11.3. The Morgan fingerprint density at radius 1 is 1.00 bits per heavy atom. The maximum Gasteiger partial charge on any atom is 0.313 e. The number of amides is 1. The van der Waals surface area contributed by atoms with Crippen LogP contribution in [-0.2, 0) is 4.79 Å². The highest BCUT2D eigenvalue weighted by atomic mass is 16.1. The fraction of sp³-hybridized carbons (Fsp3) is 0.941. The highest BCUT2D eigenvalue weighted by molar-refractivity contribution is 5.68. The molecule has 1 rings (SSSR count). The van der Waals surface area contributed by atoms with Gasteiger partial charge in [0.1, 0.15) is 0 Å². The van der Waals surface area contributed by atoms with Crippen LogP contribution in [-0.4, -0.2) is 30.4 Å². The smallest absolute Gasteiger partial charge is 0.302 e. The molecule has 0 aromatic heterocycles. The maximum atomic E-state index is 11.2. The lowest BCUT2D eigenvalue weighted by atomic mass is 10.1. The zero-order valence-corrected chi connectivity index (χ0v) is 13.5. The lowest BCUT2D eigenvalue weighted by molar-refractivity contribution is -0.311. The molecule has 0 aliphatic carbocycles. The first-order valence-electron chi connectivity index (χ1n) is 8.82. The van der Waals surface area contributed by atoms with Crippen molar-refractivity contribution < 1.29 is 10.5 Å². The van der Waals surface area contributed by atoms with Crippen LogP contribution in [0.25, 0.3) is 0 Å². The highest BCUT2D eigenvalue weighted by Crippen LogP contribution is 2.16. The quantitative estimate of drug-likeness (QED) is 0.560. The zero-order chi connectivity index (χ0) is 14.6. The zero-order valence-electron chi connectivity index (χ0n) is 13.5. The molecule has 3 N–H and O–H groups in total. The molecule has 3 heteroatoms. The van der Waals surface area contributed by atoms with E-state index in [0.29, 0.717) is 0 Å². The average Bonchev–Trinajstić information content (AvgIpc) is 2.90. The standard InChI is InChI=1S/C17H34N2O/c1-2-3-4-5-6-7-8-9-10-11-13-19-14-12-16(15-19)17(18)20/h16H,2-15H2,1H3,(H2,18,20)/p+1. The highest BCUT2D eigenvalue weighted by Gasteiger charge is 2.28. The SMILES string of the molecule is CCCCCCCCCCCCN1CCC(C([NH3+])=O)C1. The van der Waals surface area contributed by atoms with Gasteiger partial charge < -0.3 is 4.90 Å². The molecule has 1 fully saturated rings. The molecule has 1 atom stereocenters. The summed E-state index contributed by atoms with van der Waals surface area (Å²) in [4.78, 5) is 13.6. The van der Waals surface area contributed by atoms with Gasteiger partial charge in [-0.25, -0.2) is 4.79 Å². The summed E-state index contributed by atoms with van der Waals surface area (Å²) in [5.41, 5.74) is 3.55. The second-order valence-electron chi connectivity index (χ2n) is 6.43. The normalized spacial score (nSPS) is 19.6. The van der Waals surface area contributed by atoms with Gasteiger partial charge >= 0.3 is 5.91 Å². The summed E-state index contributed by atoms with van der Waals surface area (Å²) in [6.07, 6.45) is 14.9. The number of nitrogens with zero attached hydrogens (tertiary/aromatic N) is 1. The van der Waals surface area contributed by atoms with Crippen molar-refractivity contribution in [2.24, 2.45) is 5.92 Å². The van der Waals surface area contributed by atoms with E-state index in [4.69, 9.17) is 0 Å². The molecule has 1 unspecified atom stereocenters. The Morgan fingerprint density at radius 2 is 1.55 bits per heavy atom. The second-order valence-corrected chi connectivity index (χ2v) is 6.43. The molecule has 0 aromatic carbocycles. The largest absolute Gasteiger partial charge is 0.313 e. The molecule has 0 spiro atoms. The Kier molecular flexibility index (Phi) is 9.94. The van der Waals surface area contributed by atoms with Crippen molar-refractivity contribution >= 4 is 5.91 Å². The first kappa shape index (κ1) is 17.6. The summed E-state index contributed by atoms with van der Waals surface area (Å²) in [5, 5.41) is 0.